The average molecular weight is 201 g/mol. The molecule has 0 radical (unpaired) electrons. The molecule has 1 aliphatic rings. The minimum Gasteiger partial charge on any atom is -0.356 e. The summed E-state index contributed by atoms with van der Waals surface area (Å²) in [5, 5.41) is 8.99. The molecule has 1 fully saturated rings. The maximum Gasteiger partial charge on any atom is 0.146 e. The first-order valence-electron chi connectivity index (χ1n) is 5.32. The third-order valence-electron chi connectivity index (χ3n) is 3.16. The number of pyridine rings is 1. The third-order valence-corrected chi connectivity index (χ3v) is 3.16. The molecule has 1 saturated carbocycles. The summed E-state index contributed by atoms with van der Waals surface area (Å²) in [6, 6.07) is 6.29. The van der Waals surface area contributed by atoms with Crippen LogP contribution in [-0.2, 0) is 0 Å². The Bertz CT molecular complexity index is 390. The maximum atomic E-state index is 8.99. The van der Waals surface area contributed by atoms with E-state index in [1.165, 1.54) is 12.8 Å². The number of hydrogen-bond donors (Lipinski definition) is 0. The molecule has 3 heteroatoms. The van der Waals surface area contributed by atoms with Gasteiger partial charge in [0.1, 0.15) is 11.9 Å². The van der Waals surface area contributed by atoms with Gasteiger partial charge in [-0.3, -0.25) is 0 Å². The van der Waals surface area contributed by atoms with E-state index < -0.39 is 0 Å². The molecule has 0 spiro atoms. The molecule has 1 aromatic heterocycles. The van der Waals surface area contributed by atoms with E-state index in [0.29, 0.717) is 11.6 Å². The largest absolute Gasteiger partial charge is 0.356 e. The van der Waals surface area contributed by atoms with Crippen molar-refractivity contribution in [2.45, 2.75) is 25.8 Å². The highest BCUT2D eigenvalue weighted by molar-refractivity contribution is 5.53. The van der Waals surface area contributed by atoms with Crippen LogP contribution in [0.25, 0.3) is 0 Å². The van der Waals surface area contributed by atoms with Crippen molar-refractivity contribution >= 4 is 5.82 Å². The van der Waals surface area contributed by atoms with Gasteiger partial charge < -0.3 is 4.90 Å². The van der Waals surface area contributed by atoms with Crippen LogP contribution < -0.4 is 4.90 Å². The number of aromatic nitrogens is 1. The standard InChI is InChI=1S/C12H15N3/c1-9(10-5-6-10)15(2)12-11(8-13)4-3-7-14-12/h3-4,7,9-10H,5-6H2,1-2H3. The monoisotopic (exact) mass is 201 g/mol. The molecule has 2 rings (SSSR count). The Morgan fingerprint density at radius 3 is 2.93 bits per heavy atom. The molecule has 0 aromatic carbocycles. The number of nitriles is 1. The molecule has 1 aliphatic carbocycles. The summed E-state index contributed by atoms with van der Waals surface area (Å²) in [6.07, 6.45) is 4.35. The van der Waals surface area contributed by atoms with Crippen molar-refractivity contribution in [2.24, 2.45) is 5.92 Å². The molecule has 0 aliphatic heterocycles. The summed E-state index contributed by atoms with van der Waals surface area (Å²) in [5.41, 5.74) is 0.660. The lowest BCUT2D eigenvalue weighted by atomic mass is 10.1. The maximum absolute atomic E-state index is 8.99. The van der Waals surface area contributed by atoms with Crippen LogP contribution in [0.3, 0.4) is 0 Å². The molecular weight excluding hydrogens is 186 g/mol. The van der Waals surface area contributed by atoms with Crippen LogP contribution >= 0.6 is 0 Å². The summed E-state index contributed by atoms with van der Waals surface area (Å²) in [6.45, 7) is 2.20. The highest BCUT2D eigenvalue weighted by Gasteiger charge is 2.31. The second-order valence-electron chi connectivity index (χ2n) is 4.18. The van der Waals surface area contributed by atoms with Crippen LogP contribution in [0.2, 0.25) is 0 Å². The van der Waals surface area contributed by atoms with Gasteiger partial charge in [-0.1, -0.05) is 0 Å². The van der Waals surface area contributed by atoms with Gasteiger partial charge in [0, 0.05) is 19.3 Å². The van der Waals surface area contributed by atoms with E-state index in [-0.39, 0.29) is 0 Å². The molecular formula is C12H15N3. The van der Waals surface area contributed by atoms with Crippen molar-refractivity contribution < 1.29 is 0 Å². The Labute approximate surface area is 90.4 Å². The van der Waals surface area contributed by atoms with Crippen molar-refractivity contribution in [1.29, 1.82) is 5.26 Å². The predicted molar refractivity (Wildman–Crippen MR) is 59.5 cm³/mol. The van der Waals surface area contributed by atoms with E-state index >= 15 is 0 Å². The molecule has 0 bridgehead atoms. The minimum absolute atomic E-state index is 0.479. The lowest BCUT2D eigenvalue weighted by Crippen LogP contribution is -2.31. The van der Waals surface area contributed by atoms with Crippen LogP contribution in [0.4, 0.5) is 5.82 Å². The zero-order valence-corrected chi connectivity index (χ0v) is 9.14. The lowest BCUT2D eigenvalue weighted by Gasteiger charge is -2.26. The zero-order valence-electron chi connectivity index (χ0n) is 9.14. The van der Waals surface area contributed by atoms with Gasteiger partial charge in [-0.15, -0.1) is 0 Å². The van der Waals surface area contributed by atoms with Gasteiger partial charge in [0.2, 0.25) is 0 Å². The topological polar surface area (TPSA) is 39.9 Å². The molecule has 1 unspecified atom stereocenters. The van der Waals surface area contributed by atoms with Crippen LogP contribution in [-0.4, -0.2) is 18.1 Å². The van der Waals surface area contributed by atoms with Crippen molar-refractivity contribution in [2.75, 3.05) is 11.9 Å². The van der Waals surface area contributed by atoms with Gasteiger partial charge in [-0.25, -0.2) is 4.98 Å². The molecule has 0 saturated heterocycles. The second-order valence-corrected chi connectivity index (χ2v) is 4.18. The van der Waals surface area contributed by atoms with Gasteiger partial charge >= 0.3 is 0 Å². The van der Waals surface area contributed by atoms with E-state index in [4.69, 9.17) is 5.26 Å². The minimum atomic E-state index is 0.479. The van der Waals surface area contributed by atoms with Crippen molar-refractivity contribution in [3.05, 3.63) is 23.9 Å². The SMILES string of the molecule is CC(C1CC1)N(C)c1ncccc1C#N. The summed E-state index contributed by atoms with van der Waals surface area (Å²) >= 11 is 0. The Morgan fingerprint density at radius 1 is 1.60 bits per heavy atom. The van der Waals surface area contributed by atoms with Gasteiger partial charge in [-0.2, -0.15) is 5.26 Å². The third kappa shape index (κ3) is 1.94. The van der Waals surface area contributed by atoms with Crippen molar-refractivity contribution in [3.8, 4) is 6.07 Å². The first-order valence-corrected chi connectivity index (χ1v) is 5.32. The van der Waals surface area contributed by atoms with Crippen LogP contribution in [0.5, 0.6) is 0 Å². The van der Waals surface area contributed by atoms with Gasteiger partial charge in [-0.05, 0) is 37.8 Å². The quantitative estimate of drug-likeness (QED) is 0.752. The van der Waals surface area contributed by atoms with Gasteiger partial charge in [0.25, 0.3) is 0 Å². The van der Waals surface area contributed by atoms with E-state index in [9.17, 15) is 0 Å². The Morgan fingerprint density at radius 2 is 2.33 bits per heavy atom. The highest BCUT2D eigenvalue weighted by atomic mass is 15.2. The molecule has 1 atom stereocenters. The van der Waals surface area contributed by atoms with Gasteiger partial charge in [0.15, 0.2) is 0 Å². The number of nitrogens with zero attached hydrogens (tertiary/aromatic N) is 3. The normalized spacial score (nSPS) is 16.9. The summed E-state index contributed by atoms with van der Waals surface area (Å²) < 4.78 is 0. The van der Waals surface area contributed by atoms with Crippen molar-refractivity contribution in [3.63, 3.8) is 0 Å². The molecule has 0 amide bonds. The molecule has 1 heterocycles. The molecule has 0 N–H and O–H groups in total. The Kier molecular flexibility index (Phi) is 2.59. The fourth-order valence-electron chi connectivity index (χ4n) is 1.85. The Hall–Kier alpha value is -1.56. The van der Waals surface area contributed by atoms with Crippen LogP contribution in [0.1, 0.15) is 25.3 Å². The predicted octanol–water partition coefficient (Wildman–Crippen LogP) is 2.19. The van der Waals surface area contributed by atoms with Gasteiger partial charge in [0.05, 0.1) is 5.56 Å². The fourth-order valence-corrected chi connectivity index (χ4v) is 1.85. The van der Waals surface area contributed by atoms with Crippen molar-refractivity contribution in [1.82, 2.24) is 4.98 Å². The molecule has 3 nitrogen and oxygen atoms in total. The number of hydrogen-bond acceptors (Lipinski definition) is 3. The number of anilines is 1. The number of rotatable bonds is 3. The average Bonchev–Trinajstić information content (AvgIpc) is 3.11. The zero-order chi connectivity index (χ0) is 10.8. The van der Waals surface area contributed by atoms with E-state index in [0.717, 1.165) is 11.7 Å². The lowest BCUT2D eigenvalue weighted by molar-refractivity contribution is 0.603. The highest BCUT2D eigenvalue weighted by Crippen LogP contribution is 2.36. The van der Waals surface area contributed by atoms with E-state index in [1.54, 1.807) is 12.3 Å². The van der Waals surface area contributed by atoms with E-state index in [1.807, 2.05) is 13.1 Å². The summed E-state index contributed by atoms with van der Waals surface area (Å²) in [4.78, 5) is 6.41. The van der Waals surface area contributed by atoms with Crippen LogP contribution in [0.15, 0.2) is 18.3 Å². The first kappa shape index (κ1) is 9.97. The first-order chi connectivity index (χ1) is 7.24. The summed E-state index contributed by atoms with van der Waals surface area (Å²) in [5.74, 6) is 1.59. The van der Waals surface area contributed by atoms with Crippen LogP contribution in [0, 0.1) is 17.2 Å². The summed E-state index contributed by atoms with van der Waals surface area (Å²) in [7, 11) is 2.02. The van der Waals surface area contributed by atoms with E-state index in [2.05, 4.69) is 22.9 Å². The fraction of sp³-hybridized carbons (Fsp3) is 0.500. The molecule has 15 heavy (non-hydrogen) atoms. The smallest absolute Gasteiger partial charge is 0.146 e. The molecule has 1 aromatic rings. The second kappa shape index (κ2) is 3.90. The Balaban J connectivity index is 2.24. The molecule has 78 valence electrons.